The van der Waals surface area contributed by atoms with Crippen LogP contribution in [0.2, 0.25) is 0 Å². The molecule has 0 aliphatic rings. The zero-order valence-electron chi connectivity index (χ0n) is 63.5. The second-order valence-electron chi connectivity index (χ2n) is 27.1. The lowest BCUT2D eigenvalue weighted by atomic mass is 10.1. The van der Waals surface area contributed by atoms with Crippen molar-refractivity contribution in [3.8, 4) is 0 Å². The number of carbonyl (C=O) groups excluding carboxylic acids is 7. The molecule has 3 N–H and O–H groups in total. The average Bonchev–Trinajstić information content (AvgIpc) is 0.891. The van der Waals surface area contributed by atoms with Crippen molar-refractivity contribution in [2.24, 2.45) is 15.0 Å². The normalized spacial score (nSPS) is 12.4. The van der Waals surface area contributed by atoms with Crippen LogP contribution in [-0.4, -0.2) is 93.3 Å². The van der Waals surface area contributed by atoms with Crippen LogP contribution in [0.5, 0.6) is 0 Å². The van der Waals surface area contributed by atoms with Crippen molar-refractivity contribution in [2.45, 2.75) is 316 Å². The first-order chi connectivity index (χ1) is 50.3. The topological polar surface area (TPSA) is 248 Å². The lowest BCUT2D eigenvalue weighted by Crippen LogP contribution is -2.30. The van der Waals surface area contributed by atoms with Gasteiger partial charge in [0.15, 0.2) is 6.10 Å². The number of rotatable bonds is 63. The Hall–Kier alpha value is -7.78. The van der Waals surface area contributed by atoms with Crippen molar-refractivity contribution < 1.29 is 62.0 Å². The van der Waals surface area contributed by atoms with Gasteiger partial charge < -0.3 is 39.1 Å². The lowest BCUT2D eigenvalue weighted by Gasteiger charge is -2.18. The molecule has 3 aromatic carbocycles. The predicted molar refractivity (Wildman–Crippen MR) is 414 cm³/mol. The molecule has 0 saturated heterocycles. The monoisotopic (exact) mass is 1430 g/mol. The number of anilines is 3. The molecule has 0 fully saturated rings. The van der Waals surface area contributed by atoms with E-state index in [2.05, 4.69) is 88.2 Å². The maximum atomic E-state index is 13.2. The van der Waals surface area contributed by atoms with E-state index in [1.54, 1.807) is 36.4 Å². The molecule has 3 aromatic rings. The summed E-state index contributed by atoms with van der Waals surface area (Å²) in [6.45, 7) is 12.6. The number of carbonyl (C=O) groups is 4. The number of allylic oxidation sites excluding steroid dienone is 3. The minimum Gasteiger partial charge on any atom is -0.462 e. The van der Waals surface area contributed by atoms with Crippen molar-refractivity contribution in [1.29, 1.82) is 0 Å². The number of benzene rings is 3. The van der Waals surface area contributed by atoms with E-state index in [4.69, 9.17) is 28.4 Å². The van der Waals surface area contributed by atoms with E-state index in [9.17, 15) is 33.6 Å². The molecule has 0 aromatic heterocycles. The Morgan fingerprint density at radius 1 is 0.388 bits per heavy atom. The third kappa shape index (κ3) is 46.5. The summed E-state index contributed by atoms with van der Waals surface area (Å²) in [6.07, 6.45) is 52.3. The van der Waals surface area contributed by atoms with Gasteiger partial charge in [-0.05, 0) is 170 Å². The van der Waals surface area contributed by atoms with Crippen LogP contribution in [0.15, 0.2) is 106 Å². The zero-order chi connectivity index (χ0) is 74.4. The number of isocyanates is 3. The molecular formula is C84H126N6O13. The van der Waals surface area contributed by atoms with Crippen LogP contribution in [0, 0.1) is 20.8 Å². The van der Waals surface area contributed by atoms with Gasteiger partial charge in [0, 0.05) is 42.7 Å². The number of ether oxygens (including phenoxy) is 6. The molecule has 0 heterocycles. The SMILES string of the molecule is CCCCCCC(C/C=C/CCCCCCCC(=O)OCC(COC(=O)CCCCCCC/C=C/CC(CCCCCC)OC(=O)Nc1ccc(C)c(N=C=O)c1)OC(=O)CCCCCCC/C=C/CC(CCCCCC)OCNc1ccc(C)c(N=C=O)c1)OCNc1ccc(C)c(N=C=O)c1. The van der Waals surface area contributed by atoms with Gasteiger partial charge in [-0.1, -0.05) is 204 Å². The van der Waals surface area contributed by atoms with Crippen LogP contribution in [0.25, 0.3) is 0 Å². The van der Waals surface area contributed by atoms with Crippen molar-refractivity contribution in [3.05, 3.63) is 108 Å². The number of aryl methyl sites for hydroxylation is 3. The number of hydrogen-bond acceptors (Lipinski definition) is 18. The van der Waals surface area contributed by atoms with Crippen molar-refractivity contribution in [2.75, 3.05) is 42.6 Å². The first-order valence-corrected chi connectivity index (χ1v) is 39.0. The summed E-state index contributed by atoms with van der Waals surface area (Å²) in [6, 6.07) is 16.5. The second-order valence-corrected chi connectivity index (χ2v) is 27.1. The van der Waals surface area contributed by atoms with Crippen molar-refractivity contribution in [1.82, 2.24) is 0 Å². The van der Waals surface area contributed by atoms with E-state index in [0.29, 0.717) is 61.9 Å². The fraction of sp³-hybridized carbons (Fsp3) is 0.631. The van der Waals surface area contributed by atoms with Gasteiger partial charge in [-0.2, -0.15) is 15.0 Å². The van der Waals surface area contributed by atoms with E-state index in [-0.39, 0.29) is 62.7 Å². The van der Waals surface area contributed by atoms with Crippen LogP contribution in [0.3, 0.4) is 0 Å². The molecule has 570 valence electrons. The second kappa shape index (κ2) is 60.6. The van der Waals surface area contributed by atoms with Gasteiger partial charge in [-0.25, -0.2) is 19.2 Å². The highest BCUT2D eigenvalue weighted by atomic mass is 16.6. The molecule has 0 bridgehead atoms. The molecule has 3 rings (SSSR count). The number of unbranched alkanes of at least 4 members (excludes halogenated alkanes) is 24. The van der Waals surface area contributed by atoms with Gasteiger partial charge in [0.2, 0.25) is 18.2 Å². The number of nitrogens with one attached hydrogen (secondary N) is 3. The molecule has 1 amide bonds. The lowest BCUT2D eigenvalue weighted by molar-refractivity contribution is -0.167. The Kier molecular flexibility index (Phi) is 52.6. The molecule has 19 nitrogen and oxygen atoms in total. The summed E-state index contributed by atoms with van der Waals surface area (Å²) in [5.74, 6) is -1.17. The highest BCUT2D eigenvalue weighted by molar-refractivity contribution is 5.85. The van der Waals surface area contributed by atoms with Crippen molar-refractivity contribution in [3.63, 3.8) is 0 Å². The Balaban J connectivity index is 1.42. The maximum Gasteiger partial charge on any atom is 0.411 e. The van der Waals surface area contributed by atoms with Gasteiger partial charge in [0.25, 0.3) is 0 Å². The molecule has 0 saturated carbocycles. The standard InChI is InChI=1S/C84H126N6O13/c1-7-10-13-34-43-74(100-66-88-71-55-52-68(4)78(58-71)85-63-91)45-37-28-22-16-19-25-31-40-49-81(94)98-61-77(102-83(96)51-42-33-27-21-17-23-29-38-46-75(44-35-14-11-8-2)101-67-89-72-56-53-69(5)79(59-72)86-64-92)62-99-82(95)50-41-32-26-20-18-24-30-39-48-76(47-36-15-12-9-3)103-84(97)90-73-57-54-70(6)80(60-73)87-65-93/h28-30,37-39,52-60,74-77,88-89H,7-27,31-36,40-51,61-62,66-67H2,1-6H3,(H,90,97)/b37-28+,38-29+,39-30+. The van der Waals surface area contributed by atoms with E-state index in [1.807, 2.05) is 57.2 Å². The molecule has 4 atom stereocenters. The zero-order valence-corrected chi connectivity index (χ0v) is 63.5. The number of amides is 1. The van der Waals surface area contributed by atoms with Crippen LogP contribution in [0.4, 0.5) is 38.9 Å². The van der Waals surface area contributed by atoms with E-state index in [1.165, 1.54) is 38.5 Å². The highest BCUT2D eigenvalue weighted by Crippen LogP contribution is 2.27. The fourth-order valence-corrected chi connectivity index (χ4v) is 11.7. The summed E-state index contributed by atoms with van der Waals surface area (Å²) in [4.78, 5) is 96.0. The molecule has 4 unspecified atom stereocenters. The molecule has 19 heteroatoms. The van der Waals surface area contributed by atoms with Gasteiger partial charge in [0.1, 0.15) is 32.8 Å². The third-order valence-corrected chi connectivity index (χ3v) is 18.1. The highest BCUT2D eigenvalue weighted by Gasteiger charge is 2.21. The smallest absolute Gasteiger partial charge is 0.411 e. The van der Waals surface area contributed by atoms with Crippen molar-refractivity contribution >= 4 is 76.4 Å². The Bertz CT molecular complexity index is 3060. The summed E-state index contributed by atoms with van der Waals surface area (Å²) >= 11 is 0. The van der Waals surface area contributed by atoms with E-state index >= 15 is 0 Å². The maximum absolute atomic E-state index is 13.2. The number of nitrogens with zero attached hydrogens (tertiary/aromatic N) is 3. The Morgan fingerprint density at radius 2 is 0.728 bits per heavy atom. The van der Waals surface area contributed by atoms with E-state index in [0.717, 1.165) is 195 Å². The number of hydrogen-bond donors (Lipinski definition) is 3. The minimum absolute atomic E-state index is 0.0931. The summed E-state index contributed by atoms with van der Waals surface area (Å²) in [5, 5.41) is 9.38. The molecular weight excluding hydrogens is 1300 g/mol. The Morgan fingerprint density at radius 3 is 1.13 bits per heavy atom. The van der Waals surface area contributed by atoms with Gasteiger partial charge in [-0.3, -0.25) is 19.7 Å². The van der Waals surface area contributed by atoms with Gasteiger partial charge in [-0.15, -0.1) is 0 Å². The predicted octanol–water partition coefficient (Wildman–Crippen LogP) is 22.3. The summed E-state index contributed by atoms with van der Waals surface area (Å²) in [5.41, 5.74) is 6.39. The summed E-state index contributed by atoms with van der Waals surface area (Å²) < 4.78 is 35.5. The third-order valence-electron chi connectivity index (χ3n) is 18.1. The number of esters is 3. The molecule has 0 aliphatic heterocycles. The molecule has 0 aliphatic carbocycles. The molecule has 0 spiro atoms. The van der Waals surface area contributed by atoms with Crippen LogP contribution >= 0.6 is 0 Å². The first kappa shape index (κ1) is 89.4. The molecule has 0 radical (unpaired) electrons. The van der Waals surface area contributed by atoms with Crippen LogP contribution in [-0.2, 0) is 57.2 Å². The quantitative estimate of drug-likeness (QED) is 0.00904. The van der Waals surface area contributed by atoms with E-state index < -0.39 is 18.2 Å². The van der Waals surface area contributed by atoms with Crippen LogP contribution < -0.4 is 16.0 Å². The average molecular weight is 1430 g/mol. The Labute approximate surface area is 617 Å². The molecule has 103 heavy (non-hydrogen) atoms. The van der Waals surface area contributed by atoms with Gasteiger partial charge in [0.05, 0.1) is 29.3 Å². The first-order valence-electron chi connectivity index (χ1n) is 39.0. The summed E-state index contributed by atoms with van der Waals surface area (Å²) in [7, 11) is 0. The van der Waals surface area contributed by atoms with Crippen LogP contribution in [0.1, 0.15) is 288 Å². The van der Waals surface area contributed by atoms with Gasteiger partial charge >= 0.3 is 24.0 Å². The number of aliphatic imine (C=N–C) groups is 3. The largest absolute Gasteiger partial charge is 0.462 e. The minimum atomic E-state index is -0.910. The fourth-order valence-electron chi connectivity index (χ4n) is 11.7.